The Kier molecular flexibility index (Phi) is 7.29. The van der Waals surface area contributed by atoms with E-state index in [0.717, 1.165) is 6.26 Å². The molecule has 150 valence electrons. The zero-order valence-electron chi connectivity index (χ0n) is 15.0. The number of esters is 1. The predicted molar refractivity (Wildman–Crippen MR) is 108 cm³/mol. The summed E-state index contributed by atoms with van der Waals surface area (Å²) in [5.41, 5.74) is 0.722. The summed E-state index contributed by atoms with van der Waals surface area (Å²) in [6, 6.07) is 10.4. The van der Waals surface area contributed by atoms with Crippen molar-refractivity contribution in [2.24, 2.45) is 0 Å². The minimum atomic E-state index is -3.58. The SMILES string of the molecule is C[C@@H](NC(=O)COC(=O)c1ccccc1NS(C)(=O)=O)c1ccc(Cl)cc1Cl. The molecule has 1 amide bonds. The van der Waals surface area contributed by atoms with Gasteiger partial charge in [0.05, 0.1) is 23.5 Å². The van der Waals surface area contributed by atoms with Crippen molar-refractivity contribution in [2.75, 3.05) is 17.6 Å². The Labute approximate surface area is 173 Å². The third-order valence-corrected chi connectivity index (χ3v) is 4.74. The van der Waals surface area contributed by atoms with E-state index < -0.39 is 34.5 Å². The van der Waals surface area contributed by atoms with Crippen LogP contribution in [0.1, 0.15) is 28.9 Å². The molecule has 0 unspecified atom stereocenters. The first kappa shape index (κ1) is 22.0. The lowest BCUT2D eigenvalue weighted by molar-refractivity contribution is -0.124. The Morgan fingerprint density at radius 3 is 2.46 bits per heavy atom. The molecule has 2 aromatic carbocycles. The first-order valence-corrected chi connectivity index (χ1v) is 10.7. The van der Waals surface area contributed by atoms with Crippen LogP contribution in [-0.4, -0.2) is 33.2 Å². The van der Waals surface area contributed by atoms with E-state index >= 15 is 0 Å². The van der Waals surface area contributed by atoms with Gasteiger partial charge in [-0.05, 0) is 36.8 Å². The van der Waals surface area contributed by atoms with Crippen molar-refractivity contribution in [3.8, 4) is 0 Å². The fourth-order valence-corrected chi connectivity index (χ4v) is 3.52. The number of hydrogen-bond donors (Lipinski definition) is 2. The van der Waals surface area contributed by atoms with Crippen LogP contribution in [0.2, 0.25) is 10.0 Å². The molecule has 0 fully saturated rings. The molecule has 28 heavy (non-hydrogen) atoms. The highest BCUT2D eigenvalue weighted by Crippen LogP contribution is 2.26. The molecule has 0 aromatic heterocycles. The van der Waals surface area contributed by atoms with Crippen LogP contribution in [0, 0.1) is 0 Å². The van der Waals surface area contributed by atoms with Crippen LogP contribution in [0.3, 0.4) is 0 Å². The molecule has 2 aromatic rings. The average Bonchev–Trinajstić information content (AvgIpc) is 2.58. The molecule has 2 rings (SSSR count). The van der Waals surface area contributed by atoms with E-state index in [1.54, 1.807) is 37.3 Å². The molecule has 0 aliphatic rings. The van der Waals surface area contributed by atoms with Crippen molar-refractivity contribution < 1.29 is 22.7 Å². The molecule has 0 heterocycles. The number of hydrogen-bond acceptors (Lipinski definition) is 5. The summed E-state index contributed by atoms with van der Waals surface area (Å²) in [6.07, 6.45) is 0.964. The number of ether oxygens (including phenoxy) is 1. The lowest BCUT2D eigenvalue weighted by Crippen LogP contribution is -2.31. The van der Waals surface area contributed by atoms with Crippen LogP contribution in [0.4, 0.5) is 5.69 Å². The quantitative estimate of drug-likeness (QED) is 0.637. The molecule has 10 heteroatoms. The number of carbonyl (C=O) groups excluding carboxylic acids is 2. The van der Waals surface area contributed by atoms with Crippen LogP contribution in [-0.2, 0) is 19.6 Å². The Hall–Kier alpha value is -2.29. The van der Waals surface area contributed by atoms with Crippen molar-refractivity contribution >= 4 is 50.8 Å². The van der Waals surface area contributed by atoms with E-state index in [1.807, 2.05) is 0 Å². The first-order valence-electron chi connectivity index (χ1n) is 8.05. The normalized spacial score (nSPS) is 12.1. The lowest BCUT2D eigenvalue weighted by Gasteiger charge is -2.16. The van der Waals surface area contributed by atoms with E-state index in [0.29, 0.717) is 15.6 Å². The molecule has 2 N–H and O–H groups in total. The molecule has 0 aliphatic carbocycles. The number of carbonyl (C=O) groups is 2. The van der Waals surface area contributed by atoms with Gasteiger partial charge in [0.1, 0.15) is 0 Å². The summed E-state index contributed by atoms with van der Waals surface area (Å²) in [4.78, 5) is 24.3. The molecule has 0 radical (unpaired) electrons. The average molecular weight is 445 g/mol. The van der Waals surface area contributed by atoms with E-state index in [1.165, 1.54) is 12.1 Å². The standard InChI is InChI=1S/C18H18Cl2N2O5S/c1-11(13-8-7-12(19)9-15(13)20)21-17(23)10-27-18(24)14-5-3-4-6-16(14)22-28(2,25)26/h3-9,11,22H,10H2,1-2H3,(H,21,23)/t11-/m1/s1. The minimum Gasteiger partial charge on any atom is -0.452 e. The number of amides is 1. The number of halogens is 2. The predicted octanol–water partition coefficient (Wildman–Crippen LogP) is 3.40. The third kappa shape index (κ3) is 6.40. The first-order chi connectivity index (χ1) is 13.1. The van der Waals surface area contributed by atoms with E-state index in [-0.39, 0.29) is 11.3 Å². The molecule has 0 saturated carbocycles. The number of para-hydroxylation sites is 1. The minimum absolute atomic E-state index is 0.00507. The van der Waals surface area contributed by atoms with Gasteiger partial charge < -0.3 is 10.1 Å². The zero-order chi connectivity index (χ0) is 20.9. The van der Waals surface area contributed by atoms with Gasteiger partial charge in [0, 0.05) is 10.0 Å². The monoisotopic (exact) mass is 444 g/mol. The molecule has 7 nitrogen and oxygen atoms in total. The largest absolute Gasteiger partial charge is 0.452 e. The molecular weight excluding hydrogens is 427 g/mol. The van der Waals surface area contributed by atoms with Gasteiger partial charge in [-0.15, -0.1) is 0 Å². The zero-order valence-corrected chi connectivity index (χ0v) is 17.4. The Morgan fingerprint density at radius 2 is 1.82 bits per heavy atom. The van der Waals surface area contributed by atoms with E-state index in [9.17, 15) is 18.0 Å². The van der Waals surface area contributed by atoms with Crippen LogP contribution in [0.15, 0.2) is 42.5 Å². The molecule has 0 bridgehead atoms. The molecule has 1 atom stereocenters. The number of sulfonamides is 1. The Balaban J connectivity index is 1.98. The maximum atomic E-state index is 12.2. The smallest absolute Gasteiger partial charge is 0.340 e. The number of anilines is 1. The van der Waals surface area contributed by atoms with Gasteiger partial charge in [0.25, 0.3) is 5.91 Å². The molecule has 0 saturated heterocycles. The maximum absolute atomic E-state index is 12.2. The van der Waals surface area contributed by atoms with Crippen LogP contribution < -0.4 is 10.0 Å². The lowest BCUT2D eigenvalue weighted by atomic mass is 10.1. The van der Waals surface area contributed by atoms with Gasteiger partial charge in [0.15, 0.2) is 6.61 Å². The highest BCUT2D eigenvalue weighted by atomic mass is 35.5. The van der Waals surface area contributed by atoms with Gasteiger partial charge in [-0.1, -0.05) is 41.4 Å². The summed E-state index contributed by atoms with van der Waals surface area (Å²) in [7, 11) is -3.58. The third-order valence-electron chi connectivity index (χ3n) is 3.58. The van der Waals surface area contributed by atoms with Crippen LogP contribution >= 0.6 is 23.2 Å². The van der Waals surface area contributed by atoms with Crippen molar-refractivity contribution in [2.45, 2.75) is 13.0 Å². The van der Waals surface area contributed by atoms with Crippen LogP contribution in [0.25, 0.3) is 0 Å². The van der Waals surface area contributed by atoms with Gasteiger partial charge in [-0.2, -0.15) is 0 Å². The fourth-order valence-electron chi connectivity index (χ4n) is 2.37. The second-order valence-corrected chi connectivity index (χ2v) is 8.54. The van der Waals surface area contributed by atoms with E-state index in [2.05, 4.69) is 10.0 Å². The van der Waals surface area contributed by atoms with Gasteiger partial charge in [-0.25, -0.2) is 13.2 Å². The molecule has 0 aliphatic heterocycles. The van der Waals surface area contributed by atoms with Crippen molar-refractivity contribution in [3.05, 3.63) is 63.6 Å². The number of benzene rings is 2. The summed E-state index contributed by atoms with van der Waals surface area (Å²) < 4.78 is 30.0. The summed E-state index contributed by atoms with van der Waals surface area (Å²) >= 11 is 12.0. The second-order valence-electron chi connectivity index (χ2n) is 5.95. The summed E-state index contributed by atoms with van der Waals surface area (Å²) in [6.45, 7) is 1.18. The van der Waals surface area contributed by atoms with Crippen LogP contribution in [0.5, 0.6) is 0 Å². The van der Waals surface area contributed by atoms with Crippen molar-refractivity contribution in [1.29, 1.82) is 0 Å². The highest BCUT2D eigenvalue weighted by Gasteiger charge is 2.18. The maximum Gasteiger partial charge on any atom is 0.340 e. The summed E-state index contributed by atoms with van der Waals surface area (Å²) in [5.74, 6) is -1.38. The van der Waals surface area contributed by atoms with E-state index in [4.69, 9.17) is 27.9 Å². The van der Waals surface area contributed by atoms with Crippen molar-refractivity contribution in [3.63, 3.8) is 0 Å². The second kappa shape index (κ2) is 9.27. The van der Waals surface area contributed by atoms with Gasteiger partial charge in [0.2, 0.25) is 10.0 Å². The van der Waals surface area contributed by atoms with Crippen molar-refractivity contribution in [1.82, 2.24) is 5.32 Å². The molecule has 0 spiro atoms. The Morgan fingerprint density at radius 1 is 1.14 bits per heavy atom. The highest BCUT2D eigenvalue weighted by molar-refractivity contribution is 7.92. The molecular formula is C18H18Cl2N2O5S. The fraction of sp³-hybridized carbons (Fsp3) is 0.222. The summed E-state index contributed by atoms with van der Waals surface area (Å²) in [5, 5.41) is 3.54. The Bertz CT molecular complexity index is 995. The van der Waals surface area contributed by atoms with Gasteiger partial charge >= 0.3 is 5.97 Å². The topological polar surface area (TPSA) is 102 Å². The van der Waals surface area contributed by atoms with Gasteiger partial charge in [-0.3, -0.25) is 9.52 Å². The number of nitrogens with one attached hydrogen (secondary N) is 2. The number of rotatable bonds is 7.